The van der Waals surface area contributed by atoms with Crippen LogP contribution in [0.2, 0.25) is 0 Å². The lowest BCUT2D eigenvalue weighted by atomic mass is 10.1. The molecular formula is C11H17N5S. The SMILES string of the molecule is CCCNC(Cc1nccn1C)c1csnn1. The van der Waals surface area contributed by atoms with Crippen molar-refractivity contribution in [3.05, 3.63) is 29.3 Å². The highest BCUT2D eigenvalue weighted by Crippen LogP contribution is 2.16. The fourth-order valence-electron chi connectivity index (χ4n) is 1.70. The molecule has 0 fully saturated rings. The van der Waals surface area contributed by atoms with Gasteiger partial charge < -0.3 is 9.88 Å². The van der Waals surface area contributed by atoms with E-state index in [1.165, 1.54) is 11.5 Å². The van der Waals surface area contributed by atoms with Crippen LogP contribution in [0.3, 0.4) is 0 Å². The van der Waals surface area contributed by atoms with Gasteiger partial charge in [0.25, 0.3) is 0 Å². The van der Waals surface area contributed by atoms with Crippen LogP contribution < -0.4 is 5.32 Å². The van der Waals surface area contributed by atoms with E-state index in [-0.39, 0.29) is 6.04 Å². The average Bonchev–Trinajstić information content (AvgIpc) is 2.96. The summed E-state index contributed by atoms with van der Waals surface area (Å²) in [7, 11) is 2.01. The molecule has 1 unspecified atom stereocenters. The summed E-state index contributed by atoms with van der Waals surface area (Å²) in [6, 6.07) is 0.204. The third-order valence-corrected chi connectivity index (χ3v) is 3.21. The molecular weight excluding hydrogens is 234 g/mol. The Labute approximate surface area is 105 Å². The van der Waals surface area contributed by atoms with Crippen molar-refractivity contribution in [3.8, 4) is 0 Å². The monoisotopic (exact) mass is 251 g/mol. The van der Waals surface area contributed by atoms with Gasteiger partial charge in [-0.3, -0.25) is 0 Å². The Balaban J connectivity index is 2.08. The molecule has 0 aliphatic heterocycles. The Bertz CT molecular complexity index is 436. The predicted octanol–water partition coefficient (Wildman–Crippen LogP) is 1.55. The molecule has 1 N–H and O–H groups in total. The zero-order valence-corrected chi connectivity index (χ0v) is 10.9. The first-order chi connectivity index (χ1) is 8.31. The van der Waals surface area contributed by atoms with Gasteiger partial charge in [-0.1, -0.05) is 11.4 Å². The van der Waals surface area contributed by atoms with Crippen molar-refractivity contribution in [2.24, 2.45) is 7.05 Å². The maximum absolute atomic E-state index is 4.35. The molecule has 5 nitrogen and oxygen atoms in total. The van der Waals surface area contributed by atoms with Crippen LogP contribution in [-0.4, -0.2) is 25.7 Å². The molecule has 0 aromatic carbocycles. The van der Waals surface area contributed by atoms with Crippen molar-refractivity contribution >= 4 is 11.5 Å². The summed E-state index contributed by atoms with van der Waals surface area (Å²) >= 11 is 1.39. The van der Waals surface area contributed by atoms with Gasteiger partial charge in [0.05, 0.1) is 11.7 Å². The van der Waals surface area contributed by atoms with Crippen molar-refractivity contribution in [1.29, 1.82) is 0 Å². The zero-order valence-electron chi connectivity index (χ0n) is 10.1. The number of nitrogens with zero attached hydrogens (tertiary/aromatic N) is 4. The topological polar surface area (TPSA) is 55.6 Å². The standard InChI is InChI=1S/C11H17N5S/c1-3-4-12-9(10-8-17-15-14-10)7-11-13-5-6-16(11)2/h5-6,8-9,12H,3-4,7H2,1-2H3. The minimum Gasteiger partial charge on any atom is -0.338 e. The fourth-order valence-corrected chi connectivity index (χ4v) is 2.21. The van der Waals surface area contributed by atoms with Gasteiger partial charge in [-0.05, 0) is 24.5 Å². The van der Waals surface area contributed by atoms with Crippen molar-refractivity contribution in [2.45, 2.75) is 25.8 Å². The van der Waals surface area contributed by atoms with Gasteiger partial charge in [0.2, 0.25) is 0 Å². The normalized spacial score (nSPS) is 12.8. The molecule has 2 aromatic heterocycles. The first-order valence-corrected chi connectivity index (χ1v) is 6.61. The minimum absolute atomic E-state index is 0.204. The maximum atomic E-state index is 4.35. The molecule has 0 bridgehead atoms. The Morgan fingerprint density at radius 2 is 2.41 bits per heavy atom. The molecule has 92 valence electrons. The molecule has 0 radical (unpaired) electrons. The molecule has 2 heterocycles. The lowest BCUT2D eigenvalue weighted by molar-refractivity contribution is 0.500. The summed E-state index contributed by atoms with van der Waals surface area (Å²) in [4.78, 5) is 4.35. The number of hydrogen-bond donors (Lipinski definition) is 1. The van der Waals surface area contributed by atoms with Crippen LogP contribution in [0.4, 0.5) is 0 Å². The molecule has 6 heteroatoms. The van der Waals surface area contributed by atoms with E-state index < -0.39 is 0 Å². The fraction of sp³-hybridized carbons (Fsp3) is 0.545. The van der Waals surface area contributed by atoms with Gasteiger partial charge in [0.1, 0.15) is 5.82 Å². The Morgan fingerprint density at radius 3 is 3.00 bits per heavy atom. The number of hydrogen-bond acceptors (Lipinski definition) is 5. The minimum atomic E-state index is 0.204. The van der Waals surface area contributed by atoms with Gasteiger partial charge in [0, 0.05) is 31.2 Å². The molecule has 0 saturated heterocycles. The van der Waals surface area contributed by atoms with Crippen LogP contribution in [0.5, 0.6) is 0 Å². The summed E-state index contributed by atoms with van der Waals surface area (Å²) in [5, 5.41) is 9.63. The third-order valence-electron chi connectivity index (χ3n) is 2.68. The molecule has 0 amide bonds. The molecule has 1 atom stereocenters. The molecule has 17 heavy (non-hydrogen) atoms. The highest BCUT2D eigenvalue weighted by atomic mass is 32.1. The summed E-state index contributed by atoms with van der Waals surface area (Å²) in [6.07, 6.45) is 5.74. The van der Waals surface area contributed by atoms with E-state index in [2.05, 4.69) is 26.8 Å². The lowest BCUT2D eigenvalue weighted by Gasteiger charge is -2.15. The van der Waals surface area contributed by atoms with Gasteiger partial charge >= 0.3 is 0 Å². The summed E-state index contributed by atoms with van der Waals surface area (Å²) in [5.74, 6) is 1.06. The zero-order chi connectivity index (χ0) is 12.1. The van der Waals surface area contributed by atoms with Crippen LogP contribution in [0.15, 0.2) is 17.8 Å². The van der Waals surface area contributed by atoms with Crippen molar-refractivity contribution in [3.63, 3.8) is 0 Å². The molecule has 0 aliphatic rings. The Hall–Kier alpha value is -1.27. The van der Waals surface area contributed by atoms with E-state index >= 15 is 0 Å². The van der Waals surface area contributed by atoms with E-state index in [0.29, 0.717) is 0 Å². The van der Waals surface area contributed by atoms with Gasteiger partial charge in [-0.2, -0.15) is 0 Å². The van der Waals surface area contributed by atoms with E-state index in [0.717, 1.165) is 30.9 Å². The number of aryl methyl sites for hydroxylation is 1. The van der Waals surface area contributed by atoms with Crippen LogP contribution in [0.25, 0.3) is 0 Å². The molecule has 2 aromatic rings. The van der Waals surface area contributed by atoms with E-state index in [4.69, 9.17) is 0 Å². The molecule has 0 spiro atoms. The van der Waals surface area contributed by atoms with Gasteiger partial charge in [0.15, 0.2) is 0 Å². The number of nitrogens with one attached hydrogen (secondary N) is 1. The largest absolute Gasteiger partial charge is 0.338 e. The average molecular weight is 251 g/mol. The summed E-state index contributed by atoms with van der Waals surface area (Å²) in [6.45, 7) is 3.14. The quantitative estimate of drug-likeness (QED) is 0.846. The molecule has 0 aliphatic carbocycles. The van der Waals surface area contributed by atoms with Crippen molar-refractivity contribution in [1.82, 2.24) is 24.5 Å². The smallest absolute Gasteiger partial charge is 0.110 e. The maximum Gasteiger partial charge on any atom is 0.110 e. The summed E-state index contributed by atoms with van der Waals surface area (Å²) in [5.41, 5.74) is 1.01. The van der Waals surface area contributed by atoms with E-state index in [1.807, 2.05) is 29.4 Å². The van der Waals surface area contributed by atoms with Crippen LogP contribution in [-0.2, 0) is 13.5 Å². The van der Waals surface area contributed by atoms with E-state index in [9.17, 15) is 0 Å². The first kappa shape index (κ1) is 12.2. The van der Waals surface area contributed by atoms with Crippen LogP contribution in [0.1, 0.15) is 30.9 Å². The van der Waals surface area contributed by atoms with Crippen LogP contribution >= 0.6 is 11.5 Å². The van der Waals surface area contributed by atoms with Crippen molar-refractivity contribution in [2.75, 3.05) is 6.54 Å². The Kier molecular flexibility index (Phi) is 4.22. The second-order valence-electron chi connectivity index (χ2n) is 3.99. The molecule has 2 rings (SSSR count). The summed E-state index contributed by atoms with van der Waals surface area (Å²) < 4.78 is 5.97. The van der Waals surface area contributed by atoms with Crippen molar-refractivity contribution < 1.29 is 0 Å². The second kappa shape index (κ2) is 5.88. The number of rotatable bonds is 6. The second-order valence-corrected chi connectivity index (χ2v) is 4.60. The lowest BCUT2D eigenvalue weighted by Crippen LogP contribution is -2.25. The van der Waals surface area contributed by atoms with E-state index in [1.54, 1.807) is 0 Å². The highest BCUT2D eigenvalue weighted by molar-refractivity contribution is 7.03. The van der Waals surface area contributed by atoms with Gasteiger partial charge in [-0.15, -0.1) is 5.10 Å². The van der Waals surface area contributed by atoms with Crippen LogP contribution in [0, 0.1) is 0 Å². The third kappa shape index (κ3) is 3.10. The molecule has 0 saturated carbocycles. The first-order valence-electron chi connectivity index (χ1n) is 5.77. The predicted molar refractivity (Wildman–Crippen MR) is 67.9 cm³/mol. The van der Waals surface area contributed by atoms with Gasteiger partial charge in [-0.25, -0.2) is 4.98 Å². The highest BCUT2D eigenvalue weighted by Gasteiger charge is 2.16. The Morgan fingerprint density at radius 1 is 1.53 bits per heavy atom. The number of imidazole rings is 1. The number of aromatic nitrogens is 4.